The number of halogens is 3. The Kier molecular flexibility index (Phi) is 4.76. The number of ether oxygens (including phenoxy) is 1. The van der Waals surface area contributed by atoms with Gasteiger partial charge in [0.1, 0.15) is 0 Å². The third-order valence-electron chi connectivity index (χ3n) is 3.02. The summed E-state index contributed by atoms with van der Waals surface area (Å²) in [6.45, 7) is 3.95. The van der Waals surface area contributed by atoms with Crippen molar-refractivity contribution in [2.75, 3.05) is 0 Å². The van der Waals surface area contributed by atoms with Gasteiger partial charge in [0, 0.05) is 24.5 Å². The van der Waals surface area contributed by atoms with Gasteiger partial charge in [-0.05, 0) is 18.4 Å². The summed E-state index contributed by atoms with van der Waals surface area (Å²) in [6, 6.07) is 1.40. The standard InChI is InChI=1S/C14H17F3N4O2/c1-8(2)4-10-5-11(20-19-10)13(22)23-12(14(15,16)17)9-6-18-21(3)7-9/h5-8,12H,4H2,1-3H3,(H,19,20)/t12-/m0/s1. The van der Waals surface area contributed by atoms with Gasteiger partial charge in [0.15, 0.2) is 5.69 Å². The molecule has 9 heteroatoms. The number of nitrogens with one attached hydrogen (secondary N) is 1. The van der Waals surface area contributed by atoms with Crippen molar-refractivity contribution in [1.82, 2.24) is 20.0 Å². The number of aryl methyl sites for hydroxylation is 1. The van der Waals surface area contributed by atoms with E-state index in [1.807, 2.05) is 13.8 Å². The number of esters is 1. The van der Waals surface area contributed by atoms with Crippen LogP contribution >= 0.6 is 0 Å². The van der Waals surface area contributed by atoms with Crippen LogP contribution in [-0.2, 0) is 18.2 Å². The maximum atomic E-state index is 13.1. The molecule has 23 heavy (non-hydrogen) atoms. The van der Waals surface area contributed by atoms with Crippen LogP contribution in [-0.4, -0.2) is 32.1 Å². The summed E-state index contributed by atoms with van der Waals surface area (Å²) < 4.78 is 45.2. The third kappa shape index (κ3) is 4.33. The highest BCUT2D eigenvalue weighted by Gasteiger charge is 2.45. The van der Waals surface area contributed by atoms with Crippen LogP contribution in [0.1, 0.15) is 41.7 Å². The number of carbonyl (C=O) groups is 1. The lowest BCUT2D eigenvalue weighted by Gasteiger charge is -2.18. The van der Waals surface area contributed by atoms with E-state index in [4.69, 9.17) is 0 Å². The fourth-order valence-corrected chi connectivity index (χ4v) is 2.08. The normalized spacial score (nSPS) is 13.3. The van der Waals surface area contributed by atoms with Crippen molar-refractivity contribution in [1.29, 1.82) is 0 Å². The number of carbonyl (C=O) groups excluding carboxylic acids is 1. The monoisotopic (exact) mass is 330 g/mol. The highest BCUT2D eigenvalue weighted by atomic mass is 19.4. The SMILES string of the molecule is CC(C)Cc1cc(C(=O)O[C@@H](c2cnn(C)c2)C(F)(F)F)n[nH]1. The van der Waals surface area contributed by atoms with Gasteiger partial charge in [-0.25, -0.2) is 4.79 Å². The molecule has 0 fully saturated rings. The van der Waals surface area contributed by atoms with Crippen LogP contribution in [0.5, 0.6) is 0 Å². The lowest BCUT2D eigenvalue weighted by molar-refractivity contribution is -0.207. The molecule has 0 spiro atoms. The topological polar surface area (TPSA) is 72.8 Å². The molecular formula is C14H17F3N4O2. The van der Waals surface area contributed by atoms with Crippen LogP contribution in [0.4, 0.5) is 13.2 Å². The molecular weight excluding hydrogens is 313 g/mol. The summed E-state index contributed by atoms with van der Waals surface area (Å²) >= 11 is 0. The number of hydrogen-bond acceptors (Lipinski definition) is 4. The van der Waals surface area contributed by atoms with Gasteiger partial charge in [-0.1, -0.05) is 13.8 Å². The minimum absolute atomic E-state index is 0.182. The molecule has 6 nitrogen and oxygen atoms in total. The van der Waals surface area contributed by atoms with E-state index in [0.29, 0.717) is 18.0 Å². The molecule has 2 aromatic heterocycles. The first kappa shape index (κ1) is 17.0. The molecule has 0 unspecified atom stereocenters. The second-order valence-electron chi connectivity index (χ2n) is 5.65. The average molecular weight is 330 g/mol. The Morgan fingerprint density at radius 2 is 2.13 bits per heavy atom. The van der Waals surface area contributed by atoms with E-state index in [2.05, 4.69) is 20.0 Å². The molecule has 0 bridgehead atoms. The Balaban J connectivity index is 2.16. The van der Waals surface area contributed by atoms with Gasteiger partial charge in [-0.2, -0.15) is 23.4 Å². The molecule has 0 amide bonds. The van der Waals surface area contributed by atoms with Crippen molar-refractivity contribution in [2.45, 2.75) is 32.5 Å². The van der Waals surface area contributed by atoms with Crippen LogP contribution in [0.25, 0.3) is 0 Å². The first-order valence-corrected chi connectivity index (χ1v) is 6.97. The Labute approximate surface area is 130 Å². The Morgan fingerprint density at radius 3 is 2.65 bits per heavy atom. The van der Waals surface area contributed by atoms with Crippen LogP contribution in [0.2, 0.25) is 0 Å². The summed E-state index contributed by atoms with van der Waals surface area (Å²) in [4.78, 5) is 11.9. The van der Waals surface area contributed by atoms with E-state index in [1.54, 1.807) is 0 Å². The highest BCUT2D eigenvalue weighted by molar-refractivity contribution is 5.87. The van der Waals surface area contributed by atoms with Crippen molar-refractivity contribution >= 4 is 5.97 Å². The molecule has 0 saturated carbocycles. The quantitative estimate of drug-likeness (QED) is 0.856. The van der Waals surface area contributed by atoms with Crippen molar-refractivity contribution in [2.24, 2.45) is 13.0 Å². The first-order valence-electron chi connectivity index (χ1n) is 6.97. The molecule has 2 heterocycles. The van der Waals surface area contributed by atoms with Gasteiger partial charge in [0.25, 0.3) is 0 Å². The smallest absolute Gasteiger partial charge is 0.429 e. The summed E-state index contributed by atoms with van der Waals surface area (Å²) in [7, 11) is 1.48. The molecule has 0 radical (unpaired) electrons. The van der Waals surface area contributed by atoms with E-state index >= 15 is 0 Å². The van der Waals surface area contributed by atoms with Crippen LogP contribution in [0, 0.1) is 5.92 Å². The average Bonchev–Trinajstić information content (AvgIpc) is 3.03. The van der Waals surface area contributed by atoms with Gasteiger partial charge >= 0.3 is 12.1 Å². The van der Waals surface area contributed by atoms with Gasteiger partial charge in [-0.3, -0.25) is 9.78 Å². The van der Waals surface area contributed by atoms with Crippen LogP contribution < -0.4 is 0 Å². The summed E-state index contributed by atoms with van der Waals surface area (Å²) in [5, 5.41) is 10.0. The van der Waals surface area contributed by atoms with E-state index in [9.17, 15) is 18.0 Å². The van der Waals surface area contributed by atoms with E-state index in [1.165, 1.54) is 17.8 Å². The Bertz CT molecular complexity index is 676. The van der Waals surface area contributed by atoms with Gasteiger partial charge in [0.2, 0.25) is 6.10 Å². The number of alkyl halides is 3. The third-order valence-corrected chi connectivity index (χ3v) is 3.02. The van der Waals surface area contributed by atoms with E-state index in [0.717, 1.165) is 12.4 Å². The first-order chi connectivity index (χ1) is 10.7. The number of aromatic amines is 1. The van der Waals surface area contributed by atoms with Crippen molar-refractivity contribution in [3.8, 4) is 0 Å². The molecule has 0 aliphatic carbocycles. The number of hydrogen-bond donors (Lipinski definition) is 1. The minimum atomic E-state index is -4.74. The molecule has 126 valence electrons. The van der Waals surface area contributed by atoms with Crippen LogP contribution in [0.15, 0.2) is 18.5 Å². The lowest BCUT2D eigenvalue weighted by Crippen LogP contribution is -2.26. The number of rotatable bonds is 5. The maximum Gasteiger partial charge on any atom is 0.429 e. The predicted molar refractivity (Wildman–Crippen MR) is 74.5 cm³/mol. The zero-order chi connectivity index (χ0) is 17.2. The molecule has 0 aliphatic rings. The number of aromatic nitrogens is 4. The second kappa shape index (κ2) is 6.43. The molecule has 2 rings (SSSR count). The largest absolute Gasteiger partial charge is 0.443 e. The second-order valence-corrected chi connectivity index (χ2v) is 5.65. The number of H-pyrrole nitrogens is 1. The van der Waals surface area contributed by atoms with E-state index < -0.39 is 18.2 Å². The summed E-state index contributed by atoms with van der Waals surface area (Å²) in [5.74, 6) is -0.819. The minimum Gasteiger partial charge on any atom is -0.443 e. The molecule has 0 aromatic carbocycles. The Hall–Kier alpha value is -2.32. The van der Waals surface area contributed by atoms with Gasteiger partial charge in [0.05, 0.1) is 6.20 Å². The maximum absolute atomic E-state index is 13.1. The molecule has 0 aliphatic heterocycles. The number of nitrogens with zero attached hydrogens (tertiary/aromatic N) is 3. The van der Waals surface area contributed by atoms with Crippen LogP contribution in [0.3, 0.4) is 0 Å². The van der Waals surface area contributed by atoms with Gasteiger partial charge < -0.3 is 4.74 Å². The molecule has 1 N–H and O–H groups in total. The summed E-state index contributed by atoms with van der Waals surface area (Å²) in [6.07, 6.45) is -4.32. The molecule has 1 atom stereocenters. The molecule has 0 saturated heterocycles. The van der Waals surface area contributed by atoms with Crippen molar-refractivity contribution in [3.05, 3.63) is 35.4 Å². The lowest BCUT2D eigenvalue weighted by atomic mass is 10.1. The fourth-order valence-electron chi connectivity index (χ4n) is 2.08. The van der Waals surface area contributed by atoms with E-state index in [-0.39, 0.29) is 11.3 Å². The fraction of sp³-hybridized carbons (Fsp3) is 0.500. The van der Waals surface area contributed by atoms with Crippen molar-refractivity contribution < 1.29 is 22.7 Å². The highest BCUT2D eigenvalue weighted by Crippen LogP contribution is 2.36. The zero-order valence-corrected chi connectivity index (χ0v) is 12.9. The summed E-state index contributed by atoms with van der Waals surface area (Å²) in [5.41, 5.74) is 0.238. The predicted octanol–water partition coefficient (Wildman–Crippen LogP) is 2.80. The zero-order valence-electron chi connectivity index (χ0n) is 12.9. The van der Waals surface area contributed by atoms with Gasteiger partial charge in [-0.15, -0.1) is 0 Å². The molecule has 2 aromatic rings. The Morgan fingerprint density at radius 1 is 1.43 bits per heavy atom. The van der Waals surface area contributed by atoms with Crippen molar-refractivity contribution in [3.63, 3.8) is 0 Å².